The molecular weight excluding hydrogens is 496 g/mol. The molecule has 0 spiro atoms. The average Bonchev–Trinajstić information content (AvgIpc) is 2.89. The average molecular weight is 547 g/mol. The third-order valence-corrected chi connectivity index (χ3v) is 7.35. The molecule has 0 bridgehead atoms. The number of ether oxygens (including phenoxy) is 6. The minimum Gasteiger partial charge on any atom is -0.497 e. The molecule has 0 radical (unpaired) electrons. The summed E-state index contributed by atoms with van der Waals surface area (Å²) in [5.74, 6) is 5.56. The molecule has 1 aromatic rings. The lowest BCUT2D eigenvalue weighted by atomic mass is 9.81. The van der Waals surface area contributed by atoms with E-state index in [2.05, 4.69) is 25.7 Å². The number of rotatable bonds is 14. The Morgan fingerprint density at radius 1 is 1.05 bits per heavy atom. The van der Waals surface area contributed by atoms with Crippen molar-refractivity contribution >= 4 is 5.78 Å². The Morgan fingerprint density at radius 2 is 1.69 bits per heavy atom. The van der Waals surface area contributed by atoms with Crippen LogP contribution in [0.1, 0.15) is 74.3 Å². The predicted molar refractivity (Wildman–Crippen MR) is 152 cm³/mol. The highest BCUT2D eigenvalue weighted by Crippen LogP contribution is 2.38. The van der Waals surface area contributed by atoms with E-state index in [9.17, 15) is 4.79 Å². The van der Waals surface area contributed by atoms with Crippen molar-refractivity contribution in [2.45, 2.75) is 106 Å². The first kappa shape index (κ1) is 33.3. The maximum absolute atomic E-state index is 13.2. The monoisotopic (exact) mass is 546 g/mol. The van der Waals surface area contributed by atoms with Crippen LogP contribution in [-0.4, -0.2) is 56.5 Å². The van der Waals surface area contributed by atoms with Gasteiger partial charge in [0, 0.05) is 24.4 Å². The van der Waals surface area contributed by atoms with Gasteiger partial charge in [-0.15, -0.1) is 0 Å². The summed E-state index contributed by atoms with van der Waals surface area (Å²) in [4.78, 5) is 13.2. The number of ketones is 1. The van der Waals surface area contributed by atoms with E-state index < -0.39 is 11.7 Å². The van der Waals surface area contributed by atoms with E-state index >= 15 is 0 Å². The Balaban J connectivity index is 2.02. The zero-order valence-electron chi connectivity index (χ0n) is 25.6. The molecular formula is C32H50O7. The second kappa shape index (κ2) is 15.7. The lowest BCUT2D eigenvalue weighted by molar-refractivity contribution is -0.333. The second-order valence-electron chi connectivity index (χ2n) is 11.1. The number of carbonyl (C=O) groups excluding carboxylic acids is 1. The van der Waals surface area contributed by atoms with E-state index in [1.54, 1.807) is 7.11 Å². The Labute approximate surface area is 236 Å². The third-order valence-electron chi connectivity index (χ3n) is 7.35. The normalized spacial score (nSPS) is 24.5. The zero-order valence-corrected chi connectivity index (χ0v) is 25.6. The standard InChI is InChI=1S/C32H50O7/c1-11-27(24(6)37-25(7)36-12-2)15-18-29(33)22(4)31-23(5)30(38-32(8,9)39-31)21(3)19-35-20-26-13-16-28(34-10)17-14-26/h13-14,16-17,21-25,27,30-31H,11-12,19-20H2,1-10H3/t21-,22+,23+,24+,25?,27-,30-,31-/m0/s1. The molecule has 1 aromatic carbocycles. The number of methoxy groups -OCH3 is 1. The molecule has 1 aliphatic heterocycles. The molecule has 7 nitrogen and oxygen atoms in total. The van der Waals surface area contributed by atoms with Gasteiger partial charge >= 0.3 is 0 Å². The summed E-state index contributed by atoms with van der Waals surface area (Å²) in [7, 11) is 1.65. The lowest BCUT2D eigenvalue weighted by Crippen LogP contribution is -2.55. The van der Waals surface area contributed by atoms with E-state index in [0.717, 1.165) is 17.7 Å². The van der Waals surface area contributed by atoms with Crippen molar-refractivity contribution in [3.05, 3.63) is 29.8 Å². The smallest absolute Gasteiger partial charge is 0.210 e. The topological polar surface area (TPSA) is 72.5 Å². The van der Waals surface area contributed by atoms with Gasteiger partial charge in [-0.05, 0) is 64.7 Å². The van der Waals surface area contributed by atoms with E-state index in [0.29, 0.717) is 19.8 Å². The quantitative estimate of drug-likeness (QED) is 0.160. The summed E-state index contributed by atoms with van der Waals surface area (Å²) < 4.78 is 35.3. The van der Waals surface area contributed by atoms with Crippen LogP contribution in [0.15, 0.2) is 24.3 Å². The predicted octanol–water partition coefficient (Wildman–Crippen LogP) is 6.03. The molecule has 0 N–H and O–H groups in total. The Bertz CT molecular complexity index is 932. The van der Waals surface area contributed by atoms with Gasteiger partial charge in [-0.2, -0.15) is 0 Å². The van der Waals surface area contributed by atoms with Crippen LogP contribution in [0.2, 0.25) is 0 Å². The maximum atomic E-state index is 13.2. The van der Waals surface area contributed by atoms with Crippen molar-refractivity contribution in [3.63, 3.8) is 0 Å². The van der Waals surface area contributed by atoms with Crippen LogP contribution in [0, 0.1) is 35.5 Å². The Hall–Kier alpha value is -1.95. The summed E-state index contributed by atoms with van der Waals surface area (Å²) >= 11 is 0. The van der Waals surface area contributed by atoms with Crippen molar-refractivity contribution in [2.75, 3.05) is 20.3 Å². The lowest BCUT2D eigenvalue weighted by Gasteiger charge is -2.48. The summed E-state index contributed by atoms with van der Waals surface area (Å²) in [5, 5.41) is 0. The van der Waals surface area contributed by atoms with Gasteiger partial charge in [-0.1, -0.05) is 45.7 Å². The van der Waals surface area contributed by atoms with Crippen LogP contribution in [0.4, 0.5) is 0 Å². The van der Waals surface area contributed by atoms with Crippen molar-refractivity contribution < 1.29 is 33.2 Å². The number of Topliss-reactive ketones (excluding diaryl/α,β-unsaturated/α-hetero) is 1. The summed E-state index contributed by atoms with van der Waals surface area (Å²) in [6, 6.07) is 7.86. The van der Waals surface area contributed by atoms with E-state index in [1.165, 1.54) is 0 Å². The van der Waals surface area contributed by atoms with Gasteiger partial charge in [0.05, 0.1) is 44.6 Å². The fourth-order valence-electron chi connectivity index (χ4n) is 5.11. The second-order valence-corrected chi connectivity index (χ2v) is 11.1. The first-order valence-electron chi connectivity index (χ1n) is 14.3. The van der Waals surface area contributed by atoms with Crippen molar-refractivity contribution in [1.29, 1.82) is 0 Å². The number of hydrogen-bond donors (Lipinski definition) is 0. The largest absolute Gasteiger partial charge is 0.497 e. The van der Waals surface area contributed by atoms with Crippen LogP contribution in [0.5, 0.6) is 5.75 Å². The van der Waals surface area contributed by atoms with Crippen LogP contribution in [0.25, 0.3) is 0 Å². The van der Waals surface area contributed by atoms with Gasteiger partial charge in [-0.3, -0.25) is 4.79 Å². The number of carbonyl (C=O) groups is 1. The molecule has 1 saturated heterocycles. The van der Waals surface area contributed by atoms with Gasteiger partial charge in [0.15, 0.2) is 12.1 Å². The van der Waals surface area contributed by atoms with E-state index in [-0.39, 0.29) is 48.1 Å². The fraction of sp³-hybridized carbons (Fsp3) is 0.719. The highest BCUT2D eigenvalue weighted by Gasteiger charge is 2.46. The Morgan fingerprint density at radius 3 is 2.28 bits per heavy atom. The molecule has 220 valence electrons. The SMILES string of the molecule is CCOC(C)O[C@H](C)[C@H](C#CC(=O)[C@@H](C)[C@@H]1OC(C)(C)O[C@@H]([C@@H](C)COCc2ccc(OC)cc2)[C@H]1C)CC. The number of benzene rings is 1. The minimum atomic E-state index is -0.822. The van der Waals surface area contributed by atoms with Gasteiger partial charge in [0.2, 0.25) is 5.78 Å². The van der Waals surface area contributed by atoms with Crippen LogP contribution >= 0.6 is 0 Å². The van der Waals surface area contributed by atoms with E-state index in [4.69, 9.17) is 28.4 Å². The molecule has 1 aliphatic rings. The van der Waals surface area contributed by atoms with Crippen molar-refractivity contribution in [1.82, 2.24) is 0 Å². The van der Waals surface area contributed by atoms with Gasteiger partial charge in [0.1, 0.15) is 5.75 Å². The highest BCUT2D eigenvalue weighted by molar-refractivity contribution is 5.97. The summed E-state index contributed by atoms with van der Waals surface area (Å²) in [5.41, 5.74) is 1.08. The molecule has 0 aliphatic carbocycles. The highest BCUT2D eigenvalue weighted by atomic mass is 16.7. The zero-order chi connectivity index (χ0) is 29.2. The first-order chi connectivity index (χ1) is 18.4. The molecule has 0 saturated carbocycles. The summed E-state index contributed by atoms with van der Waals surface area (Å²) in [6.07, 6.45) is -0.131. The summed E-state index contributed by atoms with van der Waals surface area (Å²) in [6.45, 7) is 19.4. The third kappa shape index (κ3) is 10.2. The van der Waals surface area contributed by atoms with Gasteiger partial charge < -0.3 is 28.4 Å². The molecule has 1 fully saturated rings. The minimum absolute atomic E-state index is 0.0189. The molecule has 0 amide bonds. The molecule has 39 heavy (non-hydrogen) atoms. The number of hydrogen-bond acceptors (Lipinski definition) is 7. The Kier molecular flexibility index (Phi) is 13.4. The van der Waals surface area contributed by atoms with Crippen LogP contribution in [-0.2, 0) is 35.1 Å². The van der Waals surface area contributed by atoms with Crippen LogP contribution in [0.3, 0.4) is 0 Å². The first-order valence-corrected chi connectivity index (χ1v) is 14.3. The molecule has 7 heteroatoms. The molecule has 8 atom stereocenters. The molecule has 2 rings (SSSR count). The van der Waals surface area contributed by atoms with Gasteiger partial charge in [-0.25, -0.2) is 0 Å². The molecule has 1 unspecified atom stereocenters. The fourth-order valence-corrected chi connectivity index (χ4v) is 5.11. The maximum Gasteiger partial charge on any atom is 0.210 e. The molecule has 1 heterocycles. The van der Waals surface area contributed by atoms with Crippen molar-refractivity contribution in [2.24, 2.45) is 23.7 Å². The van der Waals surface area contributed by atoms with E-state index in [1.807, 2.05) is 72.7 Å². The molecule has 0 aromatic heterocycles. The van der Waals surface area contributed by atoms with Crippen LogP contribution < -0.4 is 4.74 Å². The van der Waals surface area contributed by atoms with Gasteiger partial charge in [0.25, 0.3) is 0 Å². The van der Waals surface area contributed by atoms with Crippen molar-refractivity contribution in [3.8, 4) is 17.6 Å².